The Bertz CT molecular complexity index is 1250. The third-order valence-corrected chi connectivity index (χ3v) is 5.33. The molecule has 3 aromatic rings. The number of nitrogens with zero attached hydrogens (tertiary/aromatic N) is 1. The first-order chi connectivity index (χ1) is 16.3. The third kappa shape index (κ3) is 6.38. The summed E-state index contributed by atoms with van der Waals surface area (Å²) in [6.07, 6.45) is 1.37. The maximum atomic E-state index is 12.6. The number of carbonyl (C=O) groups is 2. The molecule has 0 atom stereocenters. The van der Waals surface area contributed by atoms with Crippen LogP contribution in [0.1, 0.15) is 27.0 Å². The number of amides is 1. The molecule has 1 amide bonds. The molecular formula is C26H20Cl2N2O4. The average Bonchev–Trinajstić information content (AvgIpc) is 2.83. The second kappa shape index (κ2) is 11.4. The smallest absolute Gasteiger partial charge is 0.337 e. The maximum Gasteiger partial charge on any atom is 0.337 e. The van der Waals surface area contributed by atoms with Gasteiger partial charge in [-0.1, -0.05) is 53.0 Å². The normalized spacial score (nSPS) is 10.9. The fourth-order valence-corrected chi connectivity index (χ4v) is 3.57. The van der Waals surface area contributed by atoms with Crippen LogP contribution >= 0.6 is 23.2 Å². The Morgan fingerprint density at radius 3 is 2.21 bits per heavy atom. The number of nitrogens with one attached hydrogen (secondary N) is 1. The number of halogens is 2. The van der Waals surface area contributed by atoms with Gasteiger partial charge in [0.2, 0.25) is 0 Å². The molecule has 0 unspecified atom stereocenters. The van der Waals surface area contributed by atoms with Crippen LogP contribution in [-0.4, -0.2) is 19.0 Å². The Kier molecular flexibility index (Phi) is 8.31. The molecular weight excluding hydrogens is 475 g/mol. The van der Waals surface area contributed by atoms with Gasteiger partial charge in [-0.2, -0.15) is 5.26 Å². The number of hydrogen-bond donors (Lipinski definition) is 1. The van der Waals surface area contributed by atoms with Crippen LogP contribution in [0.2, 0.25) is 10.0 Å². The van der Waals surface area contributed by atoms with Gasteiger partial charge < -0.3 is 14.8 Å². The molecule has 0 heterocycles. The highest BCUT2D eigenvalue weighted by molar-refractivity contribution is 6.37. The number of benzene rings is 3. The SMILES string of the molecule is COC(=O)c1ccc(NC(=O)/C(C#N)=C/c2cc(Cl)c(OCc3ccc(C)cc3)c(Cl)c2)cc1. The van der Waals surface area contributed by atoms with Gasteiger partial charge in [0.1, 0.15) is 18.2 Å². The van der Waals surface area contributed by atoms with Crippen molar-refractivity contribution < 1.29 is 19.1 Å². The van der Waals surface area contributed by atoms with Crippen LogP contribution in [0.4, 0.5) is 5.69 Å². The Morgan fingerprint density at radius 1 is 1.03 bits per heavy atom. The Morgan fingerprint density at radius 2 is 1.65 bits per heavy atom. The summed E-state index contributed by atoms with van der Waals surface area (Å²) >= 11 is 12.7. The second-order valence-electron chi connectivity index (χ2n) is 7.28. The van der Waals surface area contributed by atoms with Crippen LogP contribution in [0.15, 0.2) is 66.2 Å². The quantitative estimate of drug-likeness (QED) is 0.239. The fourth-order valence-electron chi connectivity index (χ4n) is 2.96. The zero-order valence-corrected chi connectivity index (χ0v) is 19.9. The van der Waals surface area contributed by atoms with E-state index in [1.807, 2.05) is 37.3 Å². The predicted molar refractivity (Wildman–Crippen MR) is 132 cm³/mol. The number of methoxy groups -OCH3 is 1. The molecule has 1 N–H and O–H groups in total. The lowest BCUT2D eigenvalue weighted by Gasteiger charge is -2.11. The molecule has 34 heavy (non-hydrogen) atoms. The van der Waals surface area contributed by atoms with Gasteiger partial charge in [-0.15, -0.1) is 0 Å². The van der Waals surface area contributed by atoms with Gasteiger partial charge in [0.15, 0.2) is 5.75 Å². The Hall–Kier alpha value is -3.79. The molecule has 0 aromatic heterocycles. The first-order valence-electron chi connectivity index (χ1n) is 10.1. The average molecular weight is 495 g/mol. The number of esters is 1. The molecule has 0 fully saturated rings. The minimum Gasteiger partial charge on any atom is -0.486 e. The summed E-state index contributed by atoms with van der Waals surface area (Å²) in [5, 5.41) is 12.6. The molecule has 0 aliphatic heterocycles. The van der Waals surface area contributed by atoms with Crippen molar-refractivity contribution in [1.82, 2.24) is 0 Å². The number of hydrogen-bond acceptors (Lipinski definition) is 5. The number of carbonyl (C=O) groups excluding carboxylic acids is 2. The summed E-state index contributed by atoms with van der Waals surface area (Å²) < 4.78 is 10.4. The minimum atomic E-state index is -0.625. The van der Waals surface area contributed by atoms with E-state index in [9.17, 15) is 14.9 Å². The van der Waals surface area contributed by atoms with E-state index in [0.717, 1.165) is 11.1 Å². The van der Waals surface area contributed by atoms with Crippen molar-refractivity contribution in [2.45, 2.75) is 13.5 Å². The third-order valence-electron chi connectivity index (χ3n) is 4.76. The molecule has 0 bridgehead atoms. The van der Waals surface area contributed by atoms with Crippen molar-refractivity contribution in [3.05, 3.63) is 98.5 Å². The van der Waals surface area contributed by atoms with Crippen LogP contribution in [0.5, 0.6) is 5.75 Å². The van der Waals surface area contributed by atoms with Crippen LogP contribution in [0.3, 0.4) is 0 Å². The summed E-state index contributed by atoms with van der Waals surface area (Å²) in [6.45, 7) is 2.29. The maximum absolute atomic E-state index is 12.6. The van der Waals surface area contributed by atoms with E-state index in [0.29, 0.717) is 22.6 Å². The highest BCUT2D eigenvalue weighted by atomic mass is 35.5. The minimum absolute atomic E-state index is 0.155. The molecule has 0 aliphatic rings. The van der Waals surface area contributed by atoms with E-state index in [-0.39, 0.29) is 22.2 Å². The highest BCUT2D eigenvalue weighted by Gasteiger charge is 2.14. The van der Waals surface area contributed by atoms with Gasteiger partial charge in [-0.3, -0.25) is 4.79 Å². The molecule has 0 spiro atoms. The van der Waals surface area contributed by atoms with Gasteiger partial charge in [0.05, 0.1) is 22.7 Å². The van der Waals surface area contributed by atoms with E-state index >= 15 is 0 Å². The monoisotopic (exact) mass is 494 g/mol. The molecule has 0 radical (unpaired) electrons. The van der Waals surface area contributed by atoms with E-state index in [2.05, 4.69) is 10.1 Å². The van der Waals surface area contributed by atoms with Gasteiger partial charge in [-0.25, -0.2) is 4.79 Å². The second-order valence-corrected chi connectivity index (χ2v) is 8.10. The number of ether oxygens (including phenoxy) is 2. The van der Waals surface area contributed by atoms with Crippen LogP contribution < -0.4 is 10.1 Å². The molecule has 8 heteroatoms. The van der Waals surface area contributed by atoms with Gasteiger partial charge in [0, 0.05) is 5.69 Å². The molecule has 6 nitrogen and oxygen atoms in total. The van der Waals surface area contributed by atoms with E-state index < -0.39 is 11.9 Å². The van der Waals surface area contributed by atoms with E-state index in [1.54, 1.807) is 12.1 Å². The number of anilines is 1. The molecule has 3 rings (SSSR count). The Balaban J connectivity index is 1.73. The summed E-state index contributed by atoms with van der Waals surface area (Å²) in [5.41, 5.74) is 3.17. The summed E-state index contributed by atoms with van der Waals surface area (Å²) in [6, 6.07) is 19.0. The van der Waals surface area contributed by atoms with Gasteiger partial charge in [-0.05, 0) is 60.5 Å². The fraction of sp³-hybridized carbons (Fsp3) is 0.115. The van der Waals surface area contributed by atoms with Crippen molar-refractivity contribution >= 4 is 46.8 Å². The van der Waals surface area contributed by atoms with Crippen molar-refractivity contribution in [3.8, 4) is 11.8 Å². The first-order valence-corrected chi connectivity index (χ1v) is 10.8. The summed E-state index contributed by atoms with van der Waals surface area (Å²) in [4.78, 5) is 24.1. The highest BCUT2D eigenvalue weighted by Crippen LogP contribution is 2.35. The van der Waals surface area contributed by atoms with Crippen molar-refractivity contribution in [2.75, 3.05) is 12.4 Å². The zero-order valence-electron chi connectivity index (χ0n) is 18.4. The van der Waals surface area contributed by atoms with E-state index in [1.165, 1.54) is 37.5 Å². The van der Waals surface area contributed by atoms with Crippen LogP contribution in [0.25, 0.3) is 6.08 Å². The lowest BCUT2D eigenvalue weighted by Crippen LogP contribution is -2.13. The van der Waals surface area contributed by atoms with Crippen LogP contribution in [0, 0.1) is 18.3 Å². The van der Waals surface area contributed by atoms with Gasteiger partial charge in [0.25, 0.3) is 5.91 Å². The lowest BCUT2D eigenvalue weighted by molar-refractivity contribution is -0.112. The Labute approximate surface area is 207 Å². The largest absolute Gasteiger partial charge is 0.486 e. The molecule has 0 aliphatic carbocycles. The number of nitriles is 1. The standard InChI is InChI=1S/C26H20Cl2N2O4/c1-16-3-5-17(6-4-16)15-34-24-22(27)12-18(13-23(24)28)11-20(14-29)25(31)30-21-9-7-19(8-10-21)26(32)33-2/h3-13H,15H2,1-2H3,(H,30,31)/b20-11+. The molecule has 0 saturated heterocycles. The molecule has 172 valence electrons. The number of aryl methyl sites for hydroxylation is 1. The zero-order chi connectivity index (χ0) is 24.7. The lowest BCUT2D eigenvalue weighted by atomic mass is 10.1. The van der Waals surface area contributed by atoms with Crippen LogP contribution in [-0.2, 0) is 16.1 Å². The summed E-state index contributed by atoms with van der Waals surface area (Å²) in [5.74, 6) is -0.800. The number of rotatable bonds is 7. The van der Waals surface area contributed by atoms with E-state index in [4.69, 9.17) is 27.9 Å². The summed E-state index contributed by atoms with van der Waals surface area (Å²) in [7, 11) is 1.28. The van der Waals surface area contributed by atoms with Gasteiger partial charge >= 0.3 is 5.97 Å². The van der Waals surface area contributed by atoms with Crippen molar-refractivity contribution in [2.24, 2.45) is 0 Å². The molecule has 0 saturated carbocycles. The topological polar surface area (TPSA) is 88.4 Å². The predicted octanol–water partition coefficient (Wildman–Crippen LogP) is 6.21. The first kappa shape index (κ1) is 24.8. The molecule has 3 aromatic carbocycles. The van der Waals surface area contributed by atoms with Crippen molar-refractivity contribution in [3.63, 3.8) is 0 Å². The van der Waals surface area contributed by atoms with Crippen molar-refractivity contribution in [1.29, 1.82) is 5.26 Å².